The Morgan fingerprint density at radius 2 is 2.19 bits per heavy atom. The average molecular weight is 286 g/mol. The summed E-state index contributed by atoms with van der Waals surface area (Å²) in [7, 11) is 0. The summed E-state index contributed by atoms with van der Waals surface area (Å²) in [6.45, 7) is 1.49. The molecule has 84 valence electrons. The Morgan fingerprint density at radius 1 is 1.56 bits per heavy atom. The molecule has 0 unspecified atom stereocenters. The molecule has 0 saturated carbocycles. The SMILES string of the molecule is Cc1c(C(=O)CBr)cc(C=O)cc1[N+](=O)[O-]. The van der Waals surface area contributed by atoms with E-state index < -0.39 is 4.92 Å². The molecule has 0 aliphatic carbocycles. The Labute approximate surface area is 99.7 Å². The minimum atomic E-state index is -0.604. The maximum absolute atomic E-state index is 11.5. The summed E-state index contributed by atoms with van der Waals surface area (Å²) in [6.07, 6.45) is 0.484. The lowest BCUT2D eigenvalue weighted by atomic mass is 10.0. The third-order valence-electron chi connectivity index (χ3n) is 2.16. The van der Waals surface area contributed by atoms with E-state index in [0.29, 0.717) is 6.29 Å². The first kappa shape index (κ1) is 12.5. The van der Waals surface area contributed by atoms with Crippen LogP contribution >= 0.6 is 15.9 Å². The number of hydrogen-bond donors (Lipinski definition) is 0. The third-order valence-corrected chi connectivity index (χ3v) is 2.67. The van der Waals surface area contributed by atoms with E-state index in [-0.39, 0.29) is 33.5 Å². The van der Waals surface area contributed by atoms with Gasteiger partial charge in [0.2, 0.25) is 0 Å². The summed E-state index contributed by atoms with van der Waals surface area (Å²) >= 11 is 2.99. The van der Waals surface area contributed by atoms with Gasteiger partial charge < -0.3 is 0 Å². The number of hydrogen-bond acceptors (Lipinski definition) is 4. The van der Waals surface area contributed by atoms with Gasteiger partial charge in [0.05, 0.1) is 10.3 Å². The minimum absolute atomic E-state index is 0.0628. The smallest absolute Gasteiger partial charge is 0.273 e. The molecule has 1 aromatic carbocycles. The molecule has 1 aromatic rings. The number of halogens is 1. The predicted molar refractivity (Wildman–Crippen MR) is 61.3 cm³/mol. The van der Waals surface area contributed by atoms with Gasteiger partial charge in [-0.15, -0.1) is 0 Å². The zero-order chi connectivity index (χ0) is 12.3. The van der Waals surface area contributed by atoms with E-state index in [1.807, 2.05) is 0 Å². The summed E-state index contributed by atoms with van der Waals surface area (Å²) < 4.78 is 0. The first-order chi connectivity index (χ1) is 7.51. The van der Waals surface area contributed by atoms with Gasteiger partial charge in [0.25, 0.3) is 5.69 Å². The number of aldehydes is 1. The monoisotopic (exact) mass is 285 g/mol. The van der Waals surface area contributed by atoms with Gasteiger partial charge in [-0.3, -0.25) is 19.7 Å². The second kappa shape index (κ2) is 4.98. The number of rotatable bonds is 4. The highest BCUT2D eigenvalue weighted by Crippen LogP contribution is 2.24. The van der Waals surface area contributed by atoms with Crippen LogP contribution in [0.2, 0.25) is 0 Å². The van der Waals surface area contributed by atoms with Crippen LogP contribution in [-0.2, 0) is 0 Å². The molecule has 0 atom stereocenters. The molecule has 0 fully saturated rings. The standard InChI is InChI=1S/C10H8BrNO4/c1-6-8(10(14)4-11)2-7(5-13)3-9(6)12(15)16/h2-3,5H,4H2,1H3. The number of nitro groups is 1. The molecule has 5 nitrogen and oxygen atoms in total. The van der Waals surface area contributed by atoms with Crippen molar-refractivity contribution >= 4 is 33.7 Å². The van der Waals surface area contributed by atoms with E-state index in [4.69, 9.17) is 0 Å². The molecule has 0 saturated heterocycles. The molecule has 16 heavy (non-hydrogen) atoms. The molecule has 0 heterocycles. The maximum atomic E-state index is 11.5. The van der Waals surface area contributed by atoms with Crippen LogP contribution in [0.15, 0.2) is 12.1 Å². The van der Waals surface area contributed by atoms with Crippen molar-refractivity contribution in [2.45, 2.75) is 6.92 Å². The molecule has 0 spiro atoms. The van der Waals surface area contributed by atoms with E-state index in [9.17, 15) is 19.7 Å². The Morgan fingerprint density at radius 3 is 2.62 bits per heavy atom. The highest BCUT2D eigenvalue weighted by molar-refractivity contribution is 9.09. The predicted octanol–water partition coefficient (Wildman–Crippen LogP) is 2.29. The van der Waals surface area contributed by atoms with E-state index in [1.54, 1.807) is 0 Å². The molecule has 0 aliphatic rings. The van der Waals surface area contributed by atoms with Crippen molar-refractivity contribution in [1.29, 1.82) is 0 Å². The molecule has 0 radical (unpaired) electrons. The summed E-state index contributed by atoms with van der Waals surface area (Å²) in [4.78, 5) is 32.2. The Hall–Kier alpha value is -1.56. The van der Waals surface area contributed by atoms with E-state index in [1.165, 1.54) is 13.0 Å². The Balaban J connectivity index is 3.48. The van der Waals surface area contributed by atoms with Gasteiger partial charge in [0.15, 0.2) is 5.78 Å². The van der Waals surface area contributed by atoms with E-state index >= 15 is 0 Å². The van der Waals surface area contributed by atoms with Gasteiger partial charge in [0, 0.05) is 22.8 Å². The third kappa shape index (κ3) is 2.33. The molecular formula is C10H8BrNO4. The van der Waals surface area contributed by atoms with Crippen LogP contribution in [0, 0.1) is 17.0 Å². The van der Waals surface area contributed by atoms with Gasteiger partial charge in [-0.2, -0.15) is 0 Å². The fourth-order valence-corrected chi connectivity index (χ4v) is 1.64. The summed E-state index contributed by atoms with van der Waals surface area (Å²) in [6, 6.07) is 2.52. The number of benzene rings is 1. The molecule has 0 N–H and O–H groups in total. The van der Waals surface area contributed by atoms with Crippen molar-refractivity contribution in [2.24, 2.45) is 0 Å². The van der Waals surface area contributed by atoms with Gasteiger partial charge in [-0.05, 0) is 13.0 Å². The lowest BCUT2D eigenvalue weighted by Crippen LogP contribution is -2.06. The zero-order valence-electron chi connectivity index (χ0n) is 8.40. The normalized spacial score (nSPS) is 9.88. The van der Waals surface area contributed by atoms with Crippen molar-refractivity contribution in [2.75, 3.05) is 5.33 Å². The van der Waals surface area contributed by atoms with Crippen molar-refractivity contribution in [3.63, 3.8) is 0 Å². The minimum Gasteiger partial charge on any atom is -0.298 e. The van der Waals surface area contributed by atoms with Crippen molar-refractivity contribution < 1.29 is 14.5 Å². The zero-order valence-corrected chi connectivity index (χ0v) is 9.98. The first-order valence-corrected chi connectivity index (χ1v) is 5.46. The molecule has 0 aromatic heterocycles. The number of carbonyl (C=O) groups excluding carboxylic acids is 2. The van der Waals surface area contributed by atoms with Crippen molar-refractivity contribution in [3.8, 4) is 0 Å². The van der Waals surface area contributed by atoms with Crippen LogP contribution < -0.4 is 0 Å². The molecular weight excluding hydrogens is 278 g/mol. The lowest BCUT2D eigenvalue weighted by Gasteiger charge is -2.04. The average Bonchev–Trinajstić information content (AvgIpc) is 2.28. The topological polar surface area (TPSA) is 77.3 Å². The maximum Gasteiger partial charge on any atom is 0.273 e. The van der Waals surface area contributed by atoms with Crippen LogP contribution in [-0.4, -0.2) is 22.3 Å². The molecule has 0 aliphatic heterocycles. The number of Topliss-reactive ketones (excluding diaryl/α,β-unsaturated/α-hetero) is 1. The molecule has 0 amide bonds. The number of nitrogens with zero attached hydrogens (tertiary/aromatic N) is 1. The number of nitro benzene ring substituents is 1. The molecule has 1 rings (SSSR count). The van der Waals surface area contributed by atoms with Crippen LogP contribution in [0.3, 0.4) is 0 Å². The largest absolute Gasteiger partial charge is 0.298 e. The molecule has 0 bridgehead atoms. The molecule has 6 heteroatoms. The van der Waals surface area contributed by atoms with Gasteiger partial charge in [-0.25, -0.2) is 0 Å². The Kier molecular flexibility index (Phi) is 3.89. The summed E-state index contributed by atoms with van der Waals surface area (Å²) in [5, 5.41) is 10.8. The second-order valence-corrected chi connectivity index (χ2v) is 3.71. The van der Waals surface area contributed by atoms with Crippen molar-refractivity contribution in [1.82, 2.24) is 0 Å². The van der Waals surface area contributed by atoms with Crippen LogP contribution in [0.25, 0.3) is 0 Å². The van der Waals surface area contributed by atoms with Gasteiger partial charge >= 0.3 is 0 Å². The van der Waals surface area contributed by atoms with Crippen molar-refractivity contribution in [3.05, 3.63) is 38.9 Å². The number of alkyl halides is 1. The fraction of sp³-hybridized carbons (Fsp3) is 0.200. The van der Waals surface area contributed by atoms with E-state index in [2.05, 4.69) is 15.9 Å². The second-order valence-electron chi connectivity index (χ2n) is 3.14. The fourth-order valence-electron chi connectivity index (χ4n) is 1.34. The number of carbonyl (C=O) groups is 2. The lowest BCUT2D eigenvalue weighted by molar-refractivity contribution is -0.385. The summed E-state index contributed by atoms with van der Waals surface area (Å²) in [5.74, 6) is -0.288. The quantitative estimate of drug-likeness (QED) is 0.280. The first-order valence-electron chi connectivity index (χ1n) is 4.34. The van der Waals surface area contributed by atoms with Gasteiger partial charge in [0.1, 0.15) is 6.29 Å². The highest BCUT2D eigenvalue weighted by atomic mass is 79.9. The van der Waals surface area contributed by atoms with E-state index in [0.717, 1.165) is 6.07 Å². The summed E-state index contributed by atoms with van der Waals surface area (Å²) in [5.41, 5.74) is 0.392. The Bertz CT molecular complexity index is 470. The highest BCUT2D eigenvalue weighted by Gasteiger charge is 2.19. The van der Waals surface area contributed by atoms with Crippen LogP contribution in [0.4, 0.5) is 5.69 Å². The number of ketones is 1. The van der Waals surface area contributed by atoms with Gasteiger partial charge in [-0.1, -0.05) is 15.9 Å². The van der Waals surface area contributed by atoms with Crippen LogP contribution in [0.5, 0.6) is 0 Å². The van der Waals surface area contributed by atoms with Crippen LogP contribution in [0.1, 0.15) is 26.3 Å².